The maximum atomic E-state index is 6.66. The molecule has 0 aliphatic carbocycles. The second kappa shape index (κ2) is 10.8. The summed E-state index contributed by atoms with van der Waals surface area (Å²) in [6.45, 7) is 0. The normalized spacial score (nSPS) is 12.4. The fourth-order valence-electron chi connectivity index (χ4n) is 9.24. The highest BCUT2D eigenvalue weighted by Gasteiger charge is 2.24. The molecule has 254 valence electrons. The first-order chi connectivity index (χ1) is 27.3. The van der Waals surface area contributed by atoms with E-state index in [4.69, 9.17) is 14.4 Å². The Bertz CT molecular complexity index is 3760. The number of hydrogen-bond donors (Lipinski definition) is 0. The van der Waals surface area contributed by atoms with E-state index in [2.05, 4.69) is 156 Å². The Hall–Kier alpha value is -7.08. The summed E-state index contributed by atoms with van der Waals surface area (Å²) in [6.07, 6.45) is 0. The first-order valence-electron chi connectivity index (χ1n) is 18.6. The number of thiophene rings is 1. The lowest BCUT2D eigenvalue weighted by atomic mass is 9.91. The van der Waals surface area contributed by atoms with Crippen molar-refractivity contribution in [3.05, 3.63) is 164 Å². The van der Waals surface area contributed by atoms with Crippen LogP contribution in [0.3, 0.4) is 0 Å². The van der Waals surface area contributed by atoms with Crippen LogP contribution in [0.4, 0.5) is 0 Å². The zero-order valence-corrected chi connectivity index (χ0v) is 30.1. The lowest BCUT2D eigenvalue weighted by molar-refractivity contribution is 0.670. The average Bonchev–Trinajstić information content (AvgIpc) is 3.92. The largest absolute Gasteiger partial charge is 0.455 e. The second-order valence-electron chi connectivity index (χ2n) is 14.5. The molecule has 4 aromatic heterocycles. The minimum atomic E-state index is 0.641. The minimum Gasteiger partial charge on any atom is -0.455 e. The van der Waals surface area contributed by atoms with E-state index >= 15 is 0 Å². The number of para-hydroxylation sites is 2. The first kappa shape index (κ1) is 29.4. The molecule has 55 heavy (non-hydrogen) atoms. The van der Waals surface area contributed by atoms with Crippen LogP contribution >= 0.6 is 11.3 Å². The zero-order valence-electron chi connectivity index (χ0n) is 29.2. The van der Waals surface area contributed by atoms with E-state index in [-0.39, 0.29) is 0 Å². The molecule has 13 aromatic rings. The zero-order chi connectivity index (χ0) is 35.8. The van der Waals surface area contributed by atoms with Crippen molar-refractivity contribution in [2.24, 2.45) is 0 Å². The summed E-state index contributed by atoms with van der Waals surface area (Å²) in [4.78, 5) is 12.1. The Morgan fingerprint density at radius 3 is 1.89 bits per heavy atom. The van der Waals surface area contributed by atoms with Gasteiger partial charge >= 0.3 is 0 Å². The number of benzene rings is 9. The van der Waals surface area contributed by atoms with E-state index < -0.39 is 0 Å². The molecule has 0 aliphatic heterocycles. The molecule has 0 spiro atoms. The molecular formula is C50H27N3OS. The molecule has 5 heteroatoms. The van der Waals surface area contributed by atoms with E-state index in [0.29, 0.717) is 5.95 Å². The van der Waals surface area contributed by atoms with Gasteiger partial charge in [-0.2, -0.15) is 0 Å². The Balaban J connectivity index is 1.23. The van der Waals surface area contributed by atoms with E-state index in [9.17, 15) is 0 Å². The molecule has 0 saturated heterocycles. The van der Waals surface area contributed by atoms with Crippen LogP contribution in [0.5, 0.6) is 0 Å². The van der Waals surface area contributed by atoms with E-state index in [1.54, 1.807) is 11.3 Å². The molecule has 4 heterocycles. The van der Waals surface area contributed by atoms with Gasteiger partial charge in [0.15, 0.2) is 0 Å². The van der Waals surface area contributed by atoms with Gasteiger partial charge in [0.05, 0.1) is 16.7 Å². The molecule has 0 unspecified atom stereocenters. The highest BCUT2D eigenvalue weighted by atomic mass is 32.1. The third-order valence-electron chi connectivity index (χ3n) is 11.6. The summed E-state index contributed by atoms with van der Waals surface area (Å²) in [5, 5.41) is 16.7. The van der Waals surface area contributed by atoms with Gasteiger partial charge in [0.2, 0.25) is 5.95 Å². The van der Waals surface area contributed by atoms with Crippen molar-refractivity contribution < 1.29 is 4.42 Å². The topological polar surface area (TPSA) is 43.9 Å². The van der Waals surface area contributed by atoms with Crippen molar-refractivity contribution in [2.45, 2.75) is 0 Å². The number of aromatic nitrogens is 3. The number of furan rings is 1. The summed E-state index contributed by atoms with van der Waals surface area (Å²) in [5.41, 5.74) is 5.68. The quantitative estimate of drug-likeness (QED) is 0.167. The third-order valence-corrected chi connectivity index (χ3v) is 12.7. The van der Waals surface area contributed by atoms with Crippen molar-refractivity contribution in [3.8, 4) is 17.2 Å². The maximum Gasteiger partial charge on any atom is 0.236 e. The molecule has 4 nitrogen and oxygen atoms in total. The van der Waals surface area contributed by atoms with E-state index in [1.807, 2.05) is 12.1 Å². The lowest BCUT2D eigenvalue weighted by Crippen LogP contribution is -2.03. The van der Waals surface area contributed by atoms with Crippen LogP contribution < -0.4 is 0 Å². The second-order valence-corrected chi connectivity index (χ2v) is 15.5. The number of rotatable bonds is 2. The minimum absolute atomic E-state index is 0.641. The predicted molar refractivity (Wildman–Crippen MR) is 232 cm³/mol. The third kappa shape index (κ3) is 3.94. The molecule has 0 bridgehead atoms. The number of fused-ring (bicyclic) bond motifs is 17. The fourth-order valence-corrected chi connectivity index (χ4v) is 10.3. The van der Waals surface area contributed by atoms with Gasteiger partial charge in [-0.15, -0.1) is 11.3 Å². The molecule has 0 saturated carbocycles. The van der Waals surface area contributed by atoms with E-state index in [1.165, 1.54) is 58.6 Å². The van der Waals surface area contributed by atoms with Gasteiger partial charge in [-0.25, -0.2) is 9.97 Å². The highest BCUT2D eigenvalue weighted by molar-refractivity contribution is 7.25. The van der Waals surface area contributed by atoms with Gasteiger partial charge in [0.1, 0.15) is 16.0 Å². The van der Waals surface area contributed by atoms with Crippen LogP contribution in [0.1, 0.15) is 0 Å². The van der Waals surface area contributed by atoms with Gasteiger partial charge in [0, 0.05) is 48.0 Å². The van der Waals surface area contributed by atoms with Crippen LogP contribution in [-0.2, 0) is 0 Å². The standard InChI is InChI=1S/C50H27N3OS/c1-2-13-29-27-41-39(26-28(29)12-1)45-40(25-24-35-32-16-4-3-14-30(32)31-15-5-6-18-34(31)44(35)45)53(41)50-51-47(46-37-19-8-10-23-43(37)55-49(46)52-50)38-21-11-20-36-33-17-7-9-22-42(33)54-48(36)38/h1-27H. The average molecular weight is 718 g/mol. The summed E-state index contributed by atoms with van der Waals surface area (Å²) in [6, 6.07) is 58.8. The van der Waals surface area contributed by atoms with Crippen molar-refractivity contribution in [3.63, 3.8) is 0 Å². The van der Waals surface area contributed by atoms with Gasteiger partial charge in [0.25, 0.3) is 0 Å². The smallest absolute Gasteiger partial charge is 0.236 e. The Labute approximate surface area is 317 Å². The van der Waals surface area contributed by atoms with Crippen LogP contribution in [-0.4, -0.2) is 14.5 Å². The molecule has 0 radical (unpaired) electrons. The monoisotopic (exact) mass is 717 g/mol. The number of nitrogens with zero attached hydrogens (tertiary/aromatic N) is 3. The molecule has 0 fully saturated rings. The van der Waals surface area contributed by atoms with Gasteiger partial charge in [-0.05, 0) is 74.1 Å². The molecular weight excluding hydrogens is 691 g/mol. The van der Waals surface area contributed by atoms with Crippen molar-refractivity contribution in [1.82, 2.24) is 14.5 Å². The fraction of sp³-hybridized carbons (Fsp3) is 0. The Morgan fingerprint density at radius 1 is 0.436 bits per heavy atom. The van der Waals surface area contributed by atoms with Crippen LogP contribution in [0.15, 0.2) is 168 Å². The van der Waals surface area contributed by atoms with E-state index in [0.717, 1.165) is 59.8 Å². The summed E-state index contributed by atoms with van der Waals surface area (Å²) in [7, 11) is 0. The molecule has 9 aromatic carbocycles. The predicted octanol–water partition coefficient (Wildman–Crippen LogP) is 14.1. The Morgan fingerprint density at radius 2 is 1.07 bits per heavy atom. The molecule has 0 amide bonds. The summed E-state index contributed by atoms with van der Waals surface area (Å²) < 4.78 is 10.1. The van der Waals surface area contributed by atoms with Gasteiger partial charge in [-0.3, -0.25) is 4.57 Å². The van der Waals surface area contributed by atoms with Crippen LogP contribution in [0.25, 0.3) is 124 Å². The van der Waals surface area contributed by atoms with Crippen LogP contribution in [0.2, 0.25) is 0 Å². The Kier molecular flexibility index (Phi) is 5.74. The maximum absolute atomic E-state index is 6.66. The van der Waals surface area contributed by atoms with Gasteiger partial charge in [-0.1, -0.05) is 127 Å². The molecule has 0 N–H and O–H groups in total. The first-order valence-corrected chi connectivity index (χ1v) is 19.4. The molecule has 0 atom stereocenters. The number of hydrogen-bond acceptors (Lipinski definition) is 4. The van der Waals surface area contributed by atoms with Gasteiger partial charge < -0.3 is 4.42 Å². The lowest BCUT2D eigenvalue weighted by Gasteiger charge is -2.13. The van der Waals surface area contributed by atoms with Crippen molar-refractivity contribution >= 4 is 118 Å². The van der Waals surface area contributed by atoms with Crippen molar-refractivity contribution in [2.75, 3.05) is 0 Å². The van der Waals surface area contributed by atoms with Crippen molar-refractivity contribution in [1.29, 1.82) is 0 Å². The summed E-state index contributed by atoms with van der Waals surface area (Å²) >= 11 is 1.72. The van der Waals surface area contributed by atoms with Crippen LogP contribution in [0, 0.1) is 0 Å². The molecule has 13 rings (SSSR count). The molecule has 0 aliphatic rings. The SMILES string of the molecule is c1ccc2cc3c(cc2c1)c1c2c4ccccc4c4ccccc4c2ccc1n3-c1nc(-c2cccc3c2oc2ccccc23)c2c(n1)sc1ccccc12. The highest BCUT2D eigenvalue weighted by Crippen LogP contribution is 2.46. The summed E-state index contributed by atoms with van der Waals surface area (Å²) in [5.74, 6) is 0.641.